The maximum atomic E-state index is 12.7. The van der Waals surface area contributed by atoms with Crippen molar-refractivity contribution in [3.63, 3.8) is 0 Å². The molecule has 1 N–H and O–H groups in total. The van der Waals surface area contributed by atoms with Gasteiger partial charge in [0.1, 0.15) is 6.10 Å². The van der Waals surface area contributed by atoms with Gasteiger partial charge in [0.25, 0.3) is 0 Å². The number of likely N-dealkylation sites (tertiary alicyclic amines) is 1. The lowest BCUT2D eigenvalue weighted by Gasteiger charge is -2.18. The third kappa shape index (κ3) is 4.44. The smallest absolute Gasteiger partial charge is 0.416 e. The highest BCUT2D eigenvalue weighted by molar-refractivity contribution is 5.89. The van der Waals surface area contributed by atoms with Gasteiger partial charge in [-0.1, -0.05) is 12.1 Å². The normalized spacial score (nSPS) is 17.2. The highest BCUT2D eigenvalue weighted by atomic mass is 19.4. The Kier molecular flexibility index (Phi) is 5.01. The number of hydrogen-bond acceptors (Lipinski definition) is 3. The molecular formula is C18H18F3N3O2. The molecule has 0 spiro atoms. The van der Waals surface area contributed by atoms with Crippen LogP contribution in [0.25, 0.3) is 0 Å². The summed E-state index contributed by atoms with van der Waals surface area (Å²) in [6.07, 6.45) is -3.25. The number of aryl methyl sites for hydroxylation is 1. The fraction of sp³-hybridized carbons (Fsp3) is 0.333. The molecule has 1 aliphatic heterocycles. The molecule has 0 aliphatic carbocycles. The molecule has 1 aromatic heterocycles. The minimum absolute atomic E-state index is 0.0919. The van der Waals surface area contributed by atoms with Crippen LogP contribution < -0.4 is 10.1 Å². The number of aromatic nitrogens is 1. The van der Waals surface area contributed by atoms with Gasteiger partial charge in [0.2, 0.25) is 5.88 Å². The van der Waals surface area contributed by atoms with Crippen LogP contribution in [0, 0.1) is 6.92 Å². The Morgan fingerprint density at radius 1 is 1.31 bits per heavy atom. The molecule has 1 aliphatic rings. The van der Waals surface area contributed by atoms with Crippen molar-refractivity contribution in [2.75, 3.05) is 18.4 Å². The predicted octanol–water partition coefficient (Wildman–Crippen LogP) is 4.09. The number of hydrogen-bond donors (Lipinski definition) is 1. The van der Waals surface area contributed by atoms with Crippen LogP contribution >= 0.6 is 0 Å². The third-order valence-corrected chi connectivity index (χ3v) is 4.05. The number of carbonyl (C=O) groups excluding carboxylic acids is 1. The lowest BCUT2D eigenvalue weighted by atomic mass is 10.2. The standard InChI is InChI=1S/C18H18F3N3O2/c1-12-3-2-4-14(9-12)23-17(25)24-8-6-15(11-24)26-16-10-13(5-7-22-16)18(19,20)21/h2-5,7,9-10,15H,6,8,11H2,1H3,(H,23,25). The number of ether oxygens (including phenoxy) is 1. The van der Waals surface area contributed by atoms with Crippen LogP contribution in [0.5, 0.6) is 5.88 Å². The molecule has 1 fully saturated rings. The molecule has 1 atom stereocenters. The van der Waals surface area contributed by atoms with Crippen LogP contribution in [-0.4, -0.2) is 35.1 Å². The summed E-state index contributed by atoms with van der Waals surface area (Å²) in [7, 11) is 0. The number of pyridine rings is 1. The summed E-state index contributed by atoms with van der Waals surface area (Å²) >= 11 is 0. The summed E-state index contributed by atoms with van der Waals surface area (Å²) < 4.78 is 43.7. The second-order valence-electron chi connectivity index (χ2n) is 6.15. The Bertz CT molecular complexity index is 795. The van der Waals surface area contributed by atoms with E-state index in [0.717, 1.165) is 23.9 Å². The van der Waals surface area contributed by atoms with Crippen LogP contribution in [-0.2, 0) is 6.18 Å². The zero-order chi connectivity index (χ0) is 18.7. The first-order chi connectivity index (χ1) is 12.3. The number of anilines is 1. The van der Waals surface area contributed by atoms with E-state index in [4.69, 9.17) is 4.74 Å². The van der Waals surface area contributed by atoms with Crippen molar-refractivity contribution in [1.82, 2.24) is 9.88 Å². The van der Waals surface area contributed by atoms with E-state index < -0.39 is 17.8 Å². The molecule has 0 bridgehead atoms. The molecule has 0 radical (unpaired) electrons. The third-order valence-electron chi connectivity index (χ3n) is 4.05. The van der Waals surface area contributed by atoms with Gasteiger partial charge in [-0.25, -0.2) is 9.78 Å². The van der Waals surface area contributed by atoms with E-state index in [2.05, 4.69) is 10.3 Å². The minimum Gasteiger partial charge on any atom is -0.472 e. The topological polar surface area (TPSA) is 54.5 Å². The summed E-state index contributed by atoms with van der Waals surface area (Å²) in [5, 5.41) is 2.81. The second kappa shape index (κ2) is 7.23. The van der Waals surface area contributed by atoms with Gasteiger partial charge in [-0.15, -0.1) is 0 Å². The first kappa shape index (κ1) is 18.0. The Balaban J connectivity index is 1.58. The van der Waals surface area contributed by atoms with Gasteiger partial charge in [-0.05, 0) is 30.7 Å². The maximum Gasteiger partial charge on any atom is 0.416 e. The molecule has 2 heterocycles. The number of nitrogens with zero attached hydrogens (tertiary/aromatic N) is 2. The summed E-state index contributed by atoms with van der Waals surface area (Å²) in [5.41, 5.74) is 0.912. The Morgan fingerprint density at radius 3 is 2.85 bits per heavy atom. The maximum absolute atomic E-state index is 12.7. The highest BCUT2D eigenvalue weighted by Crippen LogP contribution is 2.31. The van der Waals surface area contributed by atoms with E-state index >= 15 is 0 Å². The number of carbonyl (C=O) groups is 1. The van der Waals surface area contributed by atoms with Crippen molar-refractivity contribution in [3.8, 4) is 5.88 Å². The van der Waals surface area contributed by atoms with Gasteiger partial charge < -0.3 is 15.0 Å². The van der Waals surface area contributed by atoms with Crippen LogP contribution in [0.3, 0.4) is 0 Å². The fourth-order valence-electron chi connectivity index (χ4n) is 2.76. The molecular weight excluding hydrogens is 347 g/mol. The van der Waals surface area contributed by atoms with Gasteiger partial charge in [0, 0.05) is 30.9 Å². The summed E-state index contributed by atoms with van der Waals surface area (Å²) in [5.74, 6) is -0.0919. The first-order valence-corrected chi connectivity index (χ1v) is 8.14. The Hall–Kier alpha value is -2.77. The zero-order valence-electron chi connectivity index (χ0n) is 14.1. The predicted molar refractivity (Wildman–Crippen MR) is 90.0 cm³/mol. The van der Waals surface area contributed by atoms with Gasteiger partial charge in [-0.2, -0.15) is 13.2 Å². The van der Waals surface area contributed by atoms with E-state index in [1.807, 2.05) is 25.1 Å². The molecule has 2 amide bonds. The summed E-state index contributed by atoms with van der Waals surface area (Å²) in [4.78, 5) is 17.7. The number of rotatable bonds is 3. The zero-order valence-corrected chi connectivity index (χ0v) is 14.1. The fourth-order valence-corrected chi connectivity index (χ4v) is 2.76. The second-order valence-corrected chi connectivity index (χ2v) is 6.15. The van der Waals surface area contributed by atoms with Gasteiger partial charge >= 0.3 is 12.2 Å². The average Bonchev–Trinajstić information content (AvgIpc) is 3.03. The van der Waals surface area contributed by atoms with E-state index in [1.54, 1.807) is 11.0 Å². The van der Waals surface area contributed by atoms with Gasteiger partial charge in [0.15, 0.2) is 0 Å². The van der Waals surface area contributed by atoms with E-state index in [9.17, 15) is 18.0 Å². The van der Waals surface area contributed by atoms with E-state index in [-0.39, 0.29) is 18.5 Å². The van der Waals surface area contributed by atoms with Crippen molar-refractivity contribution in [1.29, 1.82) is 0 Å². The monoisotopic (exact) mass is 365 g/mol. The Morgan fingerprint density at radius 2 is 2.12 bits per heavy atom. The summed E-state index contributed by atoms with van der Waals surface area (Å²) in [6, 6.07) is 8.92. The minimum atomic E-state index is -4.45. The Labute approximate surface area is 148 Å². The number of nitrogens with one attached hydrogen (secondary N) is 1. The molecule has 1 aromatic carbocycles. The lowest BCUT2D eigenvalue weighted by molar-refractivity contribution is -0.137. The van der Waals surface area contributed by atoms with Crippen molar-refractivity contribution in [2.24, 2.45) is 0 Å². The molecule has 0 saturated carbocycles. The molecule has 26 heavy (non-hydrogen) atoms. The van der Waals surface area contributed by atoms with Crippen molar-refractivity contribution in [2.45, 2.75) is 25.6 Å². The molecule has 3 rings (SSSR count). The molecule has 5 nitrogen and oxygen atoms in total. The average molecular weight is 365 g/mol. The molecule has 2 aromatic rings. The number of halogens is 3. The largest absolute Gasteiger partial charge is 0.472 e. The number of amides is 2. The van der Waals surface area contributed by atoms with Crippen LogP contribution in [0.4, 0.5) is 23.7 Å². The van der Waals surface area contributed by atoms with Crippen molar-refractivity contribution >= 4 is 11.7 Å². The number of benzene rings is 1. The number of urea groups is 1. The van der Waals surface area contributed by atoms with Crippen LogP contribution in [0.2, 0.25) is 0 Å². The lowest BCUT2D eigenvalue weighted by Crippen LogP contribution is -2.34. The van der Waals surface area contributed by atoms with Crippen molar-refractivity contribution < 1.29 is 22.7 Å². The van der Waals surface area contributed by atoms with E-state index in [0.29, 0.717) is 18.7 Å². The van der Waals surface area contributed by atoms with E-state index in [1.165, 1.54) is 0 Å². The SMILES string of the molecule is Cc1cccc(NC(=O)N2CCC(Oc3cc(C(F)(F)F)ccn3)C2)c1. The molecule has 1 saturated heterocycles. The molecule has 1 unspecified atom stereocenters. The van der Waals surface area contributed by atoms with Crippen molar-refractivity contribution in [3.05, 3.63) is 53.7 Å². The molecule has 8 heteroatoms. The summed E-state index contributed by atoms with van der Waals surface area (Å²) in [6.45, 7) is 2.67. The first-order valence-electron chi connectivity index (χ1n) is 8.14. The van der Waals surface area contributed by atoms with Gasteiger partial charge in [-0.3, -0.25) is 0 Å². The van der Waals surface area contributed by atoms with Gasteiger partial charge in [0.05, 0.1) is 12.1 Å². The quantitative estimate of drug-likeness (QED) is 0.891. The molecule has 138 valence electrons. The van der Waals surface area contributed by atoms with Crippen LogP contribution in [0.1, 0.15) is 17.5 Å². The highest BCUT2D eigenvalue weighted by Gasteiger charge is 2.32. The van der Waals surface area contributed by atoms with Crippen LogP contribution in [0.15, 0.2) is 42.6 Å². The number of alkyl halides is 3.